The van der Waals surface area contributed by atoms with E-state index in [0.717, 1.165) is 19.6 Å². The van der Waals surface area contributed by atoms with E-state index in [1.807, 2.05) is 0 Å². The smallest absolute Gasteiger partial charge is 0.104 e. The van der Waals surface area contributed by atoms with E-state index >= 15 is 0 Å². The molecular weight excluding hydrogens is 156 g/mol. The van der Waals surface area contributed by atoms with Crippen molar-refractivity contribution in [3.63, 3.8) is 0 Å². The standard InChI is InChI=1S/C9H18O3/c1-3-8(2)11-5-4-10-6-9-7-12-9/h8-9H,3-7H2,1-2H3. The molecule has 12 heavy (non-hydrogen) atoms. The lowest BCUT2D eigenvalue weighted by Gasteiger charge is -2.09. The van der Waals surface area contributed by atoms with E-state index in [1.54, 1.807) is 0 Å². The van der Waals surface area contributed by atoms with Crippen molar-refractivity contribution in [1.29, 1.82) is 0 Å². The van der Waals surface area contributed by atoms with Crippen molar-refractivity contribution < 1.29 is 14.2 Å². The van der Waals surface area contributed by atoms with E-state index < -0.39 is 0 Å². The average Bonchev–Trinajstić information content (AvgIpc) is 2.87. The number of hydrogen-bond acceptors (Lipinski definition) is 3. The monoisotopic (exact) mass is 174 g/mol. The molecule has 1 heterocycles. The van der Waals surface area contributed by atoms with Gasteiger partial charge in [0.25, 0.3) is 0 Å². The van der Waals surface area contributed by atoms with Gasteiger partial charge in [0.1, 0.15) is 6.10 Å². The first-order valence-corrected chi connectivity index (χ1v) is 4.64. The second-order valence-electron chi connectivity index (χ2n) is 3.12. The molecule has 0 saturated carbocycles. The highest BCUT2D eigenvalue weighted by molar-refractivity contribution is 4.66. The Morgan fingerprint density at radius 3 is 2.83 bits per heavy atom. The molecule has 0 radical (unpaired) electrons. The van der Waals surface area contributed by atoms with Crippen molar-refractivity contribution in [1.82, 2.24) is 0 Å². The van der Waals surface area contributed by atoms with Gasteiger partial charge in [-0.2, -0.15) is 0 Å². The lowest BCUT2D eigenvalue weighted by atomic mass is 10.3. The molecule has 1 saturated heterocycles. The maximum absolute atomic E-state index is 5.43. The average molecular weight is 174 g/mol. The van der Waals surface area contributed by atoms with Crippen molar-refractivity contribution in [2.75, 3.05) is 26.4 Å². The Bertz CT molecular complexity index is 112. The van der Waals surface area contributed by atoms with Gasteiger partial charge in [-0.05, 0) is 13.3 Å². The van der Waals surface area contributed by atoms with Crippen LogP contribution in [0.25, 0.3) is 0 Å². The molecule has 0 spiro atoms. The van der Waals surface area contributed by atoms with Gasteiger partial charge in [-0.25, -0.2) is 0 Å². The molecule has 3 nitrogen and oxygen atoms in total. The Kier molecular flexibility index (Phi) is 4.58. The summed E-state index contributed by atoms with van der Waals surface area (Å²) in [5, 5.41) is 0. The Labute approximate surface area is 74.0 Å². The molecule has 0 aromatic rings. The van der Waals surface area contributed by atoms with Gasteiger partial charge in [0.15, 0.2) is 0 Å². The highest BCUT2D eigenvalue weighted by atomic mass is 16.6. The molecule has 0 aromatic carbocycles. The van der Waals surface area contributed by atoms with Gasteiger partial charge in [-0.1, -0.05) is 6.92 Å². The lowest BCUT2D eigenvalue weighted by molar-refractivity contribution is 0.00789. The van der Waals surface area contributed by atoms with E-state index in [-0.39, 0.29) is 0 Å². The quantitative estimate of drug-likeness (QED) is 0.429. The first-order valence-electron chi connectivity index (χ1n) is 4.64. The molecule has 0 aliphatic carbocycles. The van der Waals surface area contributed by atoms with Crippen molar-refractivity contribution >= 4 is 0 Å². The SMILES string of the molecule is CCC(C)OCCOCC1CO1. The summed E-state index contributed by atoms with van der Waals surface area (Å²) in [5.74, 6) is 0. The predicted molar refractivity (Wildman–Crippen MR) is 46.3 cm³/mol. The van der Waals surface area contributed by atoms with Crippen molar-refractivity contribution in [2.45, 2.75) is 32.5 Å². The second-order valence-corrected chi connectivity index (χ2v) is 3.12. The van der Waals surface area contributed by atoms with E-state index in [4.69, 9.17) is 14.2 Å². The molecular formula is C9H18O3. The molecule has 0 N–H and O–H groups in total. The molecule has 0 amide bonds. The molecule has 3 heteroatoms. The first-order chi connectivity index (χ1) is 5.83. The van der Waals surface area contributed by atoms with Crippen LogP contribution in [0.15, 0.2) is 0 Å². The zero-order chi connectivity index (χ0) is 8.81. The summed E-state index contributed by atoms with van der Waals surface area (Å²) in [6, 6.07) is 0. The Morgan fingerprint density at radius 1 is 1.50 bits per heavy atom. The predicted octanol–water partition coefficient (Wildman–Crippen LogP) is 1.22. The van der Waals surface area contributed by atoms with Crippen molar-refractivity contribution in [2.24, 2.45) is 0 Å². The molecule has 72 valence electrons. The third-order valence-electron chi connectivity index (χ3n) is 1.91. The summed E-state index contributed by atoms with van der Waals surface area (Å²) in [7, 11) is 0. The van der Waals surface area contributed by atoms with Crippen LogP contribution in [0.4, 0.5) is 0 Å². The number of hydrogen-bond donors (Lipinski definition) is 0. The zero-order valence-electron chi connectivity index (χ0n) is 7.91. The number of epoxide rings is 1. The van der Waals surface area contributed by atoms with Gasteiger partial charge in [-0.15, -0.1) is 0 Å². The van der Waals surface area contributed by atoms with Crippen molar-refractivity contribution in [3.05, 3.63) is 0 Å². The molecule has 2 atom stereocenters. The normalized spacial score (nSPS) is 24.0. The summed E-state index contributed by atoms with van der Waals surface area (Å²) in [5.41, 5.74) is 0. The Morgan fingerprint density at radius 2 is 2.25 bits per heavy atom. The third-order valence-corrected chi connectivity index (χ3v) is 1.91. The first kappa shape index (κ1) is 9.96. The van der Waals surface area contributed by atoms with Gasteiger partial charge in [0.05, 0.1) is 32.5 Å². The van der Waals surface area contributed by atoms with Crippen LogP contribution in [0.3, 0.4) is 0 Å². The minimum absolute atomic E-state index is 0.353. The maximum Gasteiger partial charge on any atom is 0.104 e. The fourth-order valence-corrected chi connectivity index (χ4v) is 0.805. The molecule has 1 aliphatic heterocycles. The molecule has 2 unspecified atom stereocenters. The van der Waals surface area contributed by atoms with E-state index in [1.165, 1.54) is 0 Å². The molecule has 0 aromatic heterocycles. The Balaban J connectivity index is 1.75. The van der Waals surface area contributed by atoms with Crippen LogP contribution in [0.1, 0.15) is 20.3 Å². The number of ether oxygens (including phenoxy) is 3. The molecule has 1 aliphatic rings. The van der Waals surface area contributed by atoms with Crippen LogP contribution in [0.2, 0.25) is 0 Å². The summed E-state index contributed by atoms with van der Waals surface area (Å²) < 4.78 is 15.7. The van der Waals surface area contributed by atoms with E-state index in [2.05, 4.69) is 13.8 Å². The van der Waals surface area contributed by atoms with Gasteiger partial charge < -0.3 is 14.2 Å². The lowest BCUT2D eigenvalue weighted by Crippen LogP contribution is -2.13. The topological polar surface area (TPSA) is 31.0 Å². The summed E-state index contributed by atoms with van der Waals surface area (Å²) in [4.78, 5) is 0. The van der Waals surface area contributed by atoms with Gasteiger partial charge >= 0.3 is 0 Å². The highest BCUT2D eigenvalue weighted by Crippen LogP contribution is 2.08. The summed E-state index contributed by atoms with van der Waals surface area (Å²) in [6.07, 6.45) is 1.78. The summed E-state index contributed by atoms with van der Waals surface area (Å²) in [6.45, 7) is 7.16. The van der Waals surface area contributed by atoms with Crippen LogP contribution in [0, 0.1) is 0 Å². The van der Waals surface area contributed by atoms with Crippen molar-refractivity contribution in [3.8, 4) is 0 Å². The zero-order valence-corrected chi connectivity index (χ0v) is 7.91. The fraction of sp³-hybridized carbons (Fsp3) is 1.00. The fourth-order valence-electron chi connectivity index (χ4n) is 0.805. The number of rotatable bonds is 7. The van der Waals surface area contributed by atoms with E-state index in [0.29, 0.717) is 25.4 Å². The van der Waals surface area contributed by atoms with Crippen LogP contribution < -0.4 is 0 Å². The van der Waals surface area contributed by atoms with Gasteiger partial charge in [-0.3, -0.25) is 0 Å². The largest absolute Gasteiger partial charge is 0.376 e. The highest BCUT2D eigenvalue weighted by Gasteiger charge is 2.21. The second kappa shape index (κ2) is 5.51. The van der Waals surface area contributed by atoms with Gasteiger partial charge in [0.2, 0.25) is 0 Å². The Hall–Kier alpha value is -0.120. The molecule has 1 fully saturated rings. The van der Waals surface area contributed by atoms with Crippen LogP contribution in [-0.2, 0) is 14.2 Å². The van der Waals surface area contributed by atoms with E-state index in [9.17, 15) is 0 Å². The summed E-state index contributed by atoms with van der Waals surface area (Å²) >= 11 is 0. The molecule has 1 rings (SSSR count). The van der Waals surface area contributed by atoms with Crippen LogP contribution in [-0.4, -0.2) is 38.6 Å². The van der Waals surface area contributed by atoms with Crippen LogP contribution in [0.5, 0.6) is 0 Å². The third kappa shape index (κ3) is 4.70. The van der Waals surface area contributed by atoms with Gasteiger partial charge in [0, 0.05) is 0 Å². The minimum Gasteiger partial charge on any atom is -0.376 e. The maximum atomic E-state index is 5.43. The molecule has 0 bridgehead atoms. The van der Waals surface area contributed by atoms with Crippen LogP contribution >= 0.6 is 0 Å². The minimum atomic E-state index is 0.353.